The average Bonchev–Trinajstić information content (AvgIpc) is 3.24. The van der Waals surface area contributed by atoms with E-state index in [-0.39, 0.29) is 24.1 Å². The van der Waals surface area contributed by atoms with E-state index < -0.39 is 4.92 Å². The first-order chi connectivity index (χ1) is 13.0. The lowest BCUT2D eigenvalue weighted by Crippen LogP contribution is -2.11. The summed E-state index contributed by atoms with van der Waals surface area (Å²) in [6.45, 7) is 4.14. The second kappa shape index (κ2) is 6.56. The molecular formula is C17H16N6O4. The SMILES string of the molecule is Cc1cc(C)n(-c2ncnc(NCc3ccc4c(c3)OCO4)c2[N+](=O)[O-])n1. The van der Waals surface area contributed by atoms with Crippen LogP contribution in [0.4, 0.5) is 11.5 Å². The van der Waals surface area contributed by atoms with Crippen LogP contribution in [0.5, 0.6) is 11.5 Å². The summed E-state index contributed by atoms with van der Waals surface area (Å²) in [4.78, 5) is 19.3. The number of ether oxygens (including phenoxy) is 2. The van der Waals surface area contributed by atoms with Gasteiger partial charge in [-0.15, -0.1) is 0 Å². The summed E-state index contributed by atoms with van der Waals surface area (Å²) >= 11 is 0. The highest BCUT2D eigenvalue weighted by molar-refractivity contribution is 5.64. The first kappa shape index (κ1) is 16.8. The molecule has 3 aromatic rings. The van der Waals surface area contributed by atoms with Crippen LogP contribution in [0.3, 0.4) is 0 Å². The van der Waals surface area contributed by atoms with Crippen LogP contribution in [0.25, 0.3) is 5.82 Å². The minimum absolute atomic E-state index is 0.119. The molecule has 0 saturated heterocycles. The van der Waals surface area contributed by atoms with Crippen LogP contribution in [-0.2, 0) is 6.54 Å². The van der Waals surface area contributed by atoms with E-state index in [4.69, 9.17) is 9.47 Å². The number of hydrogen-bond acceptors (Lipinski definition) is 8. The predicted molar refractivity (Wildman–Crippen MR) is 95.2 cm³/mol. The number of rotatable bonds is 5. The summed E-state index contributed by atoms with van der Waals surface area (Å²) in [7, 11) is 0. The molecule has 0 atom stereocenters. The first-order valence-corrected chi connectivity index (χ1v) is 8.18. The molecule has 0 fully saturated rings. The maximum Gasteiger partial charge on any atom is 0.355 e. The van der Waals surface area contributed by atoms with Crippen molar-refractivity contribution in [3.63, 3.8) is 0 Å². The molecule has 0 bridgehead atoms. The van der Waals surface area contributed by atoms with Gasteiger partial charge in [-0.2, -0.15) is 5.10 Å². The zero-order valence-electron chi connectivity index (χ0n) is 14.7. The van der Waals surface area contributed by atoms with Gasteiger partial charge in [-0.1, -0.05) is 6.07 Å². The normalized spacial score (nSPS) is 12.2. The minimum Gasteiger partial charge on any atom is -0.454 e. The van der Waals surface area contributed by atoms with Crippen LogP contribution >= 0.6 is 0 Å². The van der Waals surface area contributed by atoms with E-state index in [2.05, 4.69) is 20.4 Å². The standard InChI is InChI=1S/C17H16N6O4/c1-10-5-11(2)22(21-10)17-15(23(24)25)16(19-8-20-17)18-7-12-3-4-13-14(6-12)27-9-26-13/h3-6,8H,7,9H2,1-2H3,(H,18,19,20). The number of nitrogens with zero attached hydrogens (tertiary/aromatic N) is 5. The molecule has 10 nitrogen and oxygen atoms in total. The van der Waals surface area contributed by atoms with Crippen LogP contribution in [0, 0.1) is 24.0 Å². The van der Waals surface area contributed by atoms with Crippen LogP contribution in [0.15, 0.2) is 30.6 Å². The van der Waals surface area contributed by atoms with Crippen molar-refractivity contribution in [1.82, 2.24) is 19.7 Å². The van der Waals surface area contributed by atoms with E-state index in [9.17, 15) is 10.1 Å². The van der Waals surface area contributed by atoms with E-state index in [0.717, 1.165) is 17.0 Å². The molecule has 0 saturated carbocycles. The fraction of sp³-hybridized carbons (Fsp3) is 0.235. The molecule has 27 heavy (non-hydrogen) atoms. The van der Waals surface area contributed by atoms with Crippen molar-refractivity contribution in [3.8, 4) is 17.3 Å². The third kappa shape index (κ3) is 3.12. The van der Waals surface area contributed by atoms with E-state index >= 15 is 0 Å². The van der Waals surface area contributed by atoms with E-state index in [0.29, 0.717) is 18.0 Å². The Morgan fingerprint density at radius 3 is 2.78 bits per heavy atom. The number of fused-ring (bicyclic) bond motifs is 1. The molecule has 10 heteroatoms. The van der Waals surface area contributed by atoms with Crippen LogP contribution in [-0.4, -0.2) is 31.5 Å². The molecule has 0 spiro atoms. The van der Waals surface area contributed by atoms with Gasteiger partial charge in [0.25, 0.3) is 0 Å². The number of aryl methyl sites for hydroxylation is 2. The van der Waals surface area contributed by atoms with Gasteiger partial charge in [0.1, 0.15) is 6.33 Å². The summed E-state index contributed by atoms with van der Waals surface area (Å²) in [5.74, 6) is 1.57. The Morgan fingerprint density at radius 2 is 2.04 bits per heavy atom. The number of nitro groups is 1. The first-order valence-electron chi connectivity index (χ1n) is 8.18. The largest absolute Gasteiger partial charge is 0.454 e. The average molecular weight is 368 g/mol. The number of benzene rings is 1. The molecule has 1 aliphatic heterocycles. The molecule has 1 aromatic carbocycles. The number of nitrogens with one attached hydrogen (secondary N) is 1. The van der Waals surface area contributed by atoms with Crippen molar-refractivity contribution >= 4 is 11.5 Å². The van der Waals surface area contributed by atoms with Crippen LogP contribution in [0.1, 0.15) is 17.0 Å². The fourth-order valence-electron chi connectivity index (χ4n) is 2.90. The predicted octanol–water partition coefficient (Wildman–Crippen LogP) is 2.53. The van der Waals surface area contributed by atoms with Gasteiger partial charge in [0.15, 0.2) is 11.5 Å². The molecule has 138 valence electrons. The van der Waals surface area contributed by atoms with Crippen molar-refractivity contribution in [2.75, 3.05) is 12.1 Å². The summed E-state index contributed by atoms with van der Waals surface area (Å²) in [6.07, 6.45) is 1.28. The highest BCUT2D eigenvalue weighted by Crippen LogP contribution is 2.33. The monoisotopic (exact) mass is 368 g/mol. The molecule has 2 aromatic heterocycles. The van der Waals surface area contributed by atoms with Gasteiger partial charge in [-0.3, -0.25) is 10.1 Å². The fourth-order valence-corrected chi connectivity index (χ4v) is 2.90. The zero-order valence-corrected chi connectivity index (χ0v) is 14.7. The van der Waals surface area contributed by atoms with Gasteiger partial charge in [-0.25, -0.2) is 14.6 Å². The zero-order chi connectivity index (χ0) is 19.0. The third-order valence-corrected chi connectivity index (χ3v) is 4.09. The Balaban J connectivity index is 1.65. The van der Waals surface area contributed by atoms with E-state index in [1.54, 1.807) is 6.07 Å². The quantitative estimate of drug-likeness (QED) is 0.539. The Kier molecular flexibility index (Phi) is 4.07. The highest BCUT2D eigenvalue weighted by atomic mass is 16.7. The minimum atomic E-state index is -0.506. The second-order valence-corrected chi connectivity index (χ2v) is 6.03. The molecule has 0 radical (unpaired) electrons. The van der Waals surface area contributed by atoms with Gasteiger partial charge in [0.2, 0.25) is 18.4 Å². The van der Waals surface area contributed by atoms with Crippen molar-refractivity contribution in [1.29, 1.82) is 0 Å². The molecule has 0 unspecified atom stereocenters. The van der Waals surface area contributed by atoms with Gasteiger partial charge >= 0.3 is 5.69 Å². The van der Waals surface area contributed by atoms with Crippen LogP contribution < -0.4 is 14.8 Å². The lowest BCUT2D eigenvalue weighted by molar-refractivity contribution is -0.384. The summed E-state index contributed by atoms with van der Waals surface area (Å²) in [6, 6.07) is 7.31. The van der Waals surface area contributed by atoms with Crippen molar-refractivity contribution in [2.45, 2.75) is 20.4 Å². The van der Waals surface area contributed by atoms with Gasteiger partial charge in [-0.05, 0) is 37.6 Å². The molecule has 0 amide bonds. The molecule has 4 rings (SSSR count). The van der Waals surface area contributed by atoms with E-state index in [1.807, 2.05) is 32.0 Å². The number of aromatic nitrogens is 4. The number of anilines is 1. The lowest BCUT2D eigenvalue weighted by Gasteiger charge is -2.10. The maximum absolute atomic E-state index is 11.7. The number of hydrogen-bond donors (Lipinski definition) is 1. The maximum atomic E-state index is 11.7. The molecule has 3 heterocycles. The highest BCUT2D eigenvalue weighted by Gasteiger charge is 2.26. The van der Waals surface area contributed by atoms with E-state index in [1.165, 1.54) is 11.0 Å². The van der Waals surface area contributed by atoms with Gasteiger partial charge in [0.05, 0.1) is 10.6 Å². The molecule has 1 aliphatic rings. The second-order valence-electron chi connectivity index (χ2n) is 6.03. The Labute approximate surface area is 153 Å². The van der Waals surface area contributed by atoms with Gasteiger partial charge < -0.3 is 14.8 Å². The lowest BCUT2D eigenvalue weighted by atomic mass is 10.2. The Hall–Kier alpha value is -3.69. The molecular weight excluding hydrogens is 352 g/mol. The Morgan fingerprint density at radius 1 is 1.22 bits per heavy atom. The van der Waals surface area contributed by atoms with Gasteiger partial charge in [0, 0.05) is 12.2 Å². The topological polar surface area (TPSA) is 117 Å². The molecule has 1 N–H and O–H groups in total. The molecule has 0 aliphatic carbocycles. The summed E-state index contributed by atoms with van der Waals surface area (Å²) in [5, 5.41) is 19.0. The van der Waals surface area contributed by atoms with Crippen molar-refractivity contribution in [3.05, 3.63) is 57.7 Å². The summed E-state index contributed by atoms with van der Waals surface area (Å²) < 4.78 is 12.1. The third-order valence-electron chi connectivity index (χ3n) is 4.09. The van der Waals surface area contributed by atoms with Crippen LogP contribution in [0.2, 0.25) is 0 Å². The van der Waals surface area contributed by atoms with Crippen molar-refractivity contribution < 1.29 is 14.4 Å². The summed E-state index contributed by atoms with van der Waals surface area (Å²) in [5.41, 5.74) is 2.13. The van der Waals surface area contributed by atoms with Crippen molar-refractivity contribution in [2.24, 2.45) is 0 Å². The smallest absolute Gasteiger partial charge is 0.355 e. The Bertz CT molecular complexity index is 1030.